The number of urea groups is 1. The summed E-state index contributed by atoms with van der Waals surface area (Å²) in [4.78, 5) is 29.8. The first kappa shape index (κ1) is 17.1. The van der Waals surface area contributed by atoms with E-state index in [1.165, 1.54) is 32.4 Å². The summed E-state index contributed by atoms with van der Waals surface area (Å²) < 4.78 is 5.91. The van der Waals surface area contributed by atoms with E-state index in [1.54, 1.807) is 7.05 Å². The van der Waals surface area contributed by atoms with Crippen LogP contribution in [0.25, 0.3) is 0 Å². The molecule has 21 heavy (non-hydrogen) atoms. The van der Waals surface area contributed by atoms with Gasteiger partial charge in [-0.2, -0.15) is 10.2 Å². The summed E-state index contributed by atoms with van der Waals surface area (Å²) in [6.45, 7) is 0. The number of nitrogens with one attached hydrogen (secondary N) is 2. The van der Waals surface area contributed by atoms with Crippen molar-refractivity contribution in [3.8, 4) is 0 Å². The number of guanidine groups is 1. The minimum atomic E-state index is -0.605. The quantitative estimate of drug-likeness (QED) is 0.343. The fourth-order valence-electron chi connectivity index (χ4n) is 2.25. The van der Waals surface area contributed by atoms with Gasteiger partial charge in [-0.05, 0) is 12.8 Å². The Morgan fingerprint density at radius 1 is 1.19 bits per heavy atom. The van der Waals surface area contributed by atoms with Crippen LogP contribution in [0.15, 0.2) is 0 Å². The van der Waals surface area contributed by atoms with E-state index in [-0.39, 0.29) is 18.0 Å². The van der Waals surface area contributed by atoms with Gasteiger partial charge in [-0.15, -0.1) is 0 Å². The molecule has 1 rings (SSSR count). The Morgan fingerprint density at radius 3 is 2.33 bits per heavy atom. The lowest BCUT2D eigenvalue weighted by Crippen LogP contribution is -2.54. The highest BCUT2D eigenvalue weighted by Gasteiger charge is 2.29. The third kappa shape index (κ3) is 5.13. The summed E-state index contributed by atoms with van der Waals surface area (Å²) in [5, 5.41) is 5.53. The van der Waals surface area contributed by atoms with Crippen molar-refractivity contribution in [2.45, 2.75) is 38.1 Å². The van der Waals surface area contributed by atoms with E-state index in [0.29, 0.717) is 0 Å². The van der Waals surface area contributed by atoms with E-state index in [9.17, 15) is 9.59 Å². The molecule has 0 heterocycles. The molecule has 1 aliphatic rings. The first-order valence-corrected chi connectivity index (χ1v) is 7.03. The van der Waals surface area contributed by atoms with Crippen LogP contribution in [0.4, 0.5) is 9.59 Å². The van der Waals surface area contributed by atoms with E-state index in [1.807, 2.05) is 0 Å². The summed E-state index contributed by atoms with van der Waals surface area (Å²) in [6, 6.07) is -0.187. The second kappa shape index (κ2) is 8.33. The van der Waals surface area contributed by atoms with Crippen molar-refractivity contribution >= 4 is 18.1 Å². The van der Waals surface area contributed by atoms with Crippen molar-refractivity contribution in [3.05, 3.63) is 0 Å². The monoisotopic (exact) mass is 301 g/mol. The highest BCUT2D eigenvalue weighted by Crippen LogP contribution is 2.17. The first-order valence-electron chi connectivity index (χ1n) is 7.03. The van der Waals surface area contributed by atoms with Gasteiger partial charge in [-0.3, -0.25) is 0 Å². The molecule has 0 saturated heterocycles. The SMILES string of the molecule is COC(=O)N(C)C(NC(=O)NC1CCCCC1)=[N+](C)OC. The first-order chi connectivity index (χ1) is 9.99. The van der Waals surface area contributed by atoms with Gasteiger partial charge >= 0.3 is 18.1 Å². The molecule has 0 aromatic rings. The Morgan fingerprint density at radius 2 is 1.81 bits per heavy atom. The van der Waals surface area contributed by atoms with E-state index < -0.39 is 6.09 Å². The summed E-state index contributed by atoms with van der Waals surface area (Å²) in [6.07, 6.45) is 4.83. The number of hydrogen-bond donors (Lipinski definition) is 2. The molecular formula is C13H25N4O4+. The van der Waals surface area contributed by atoms with E-state index in [2.05, 4.69) is 15.4 Å². The van der Waals surface area contributed by atoms with Crippen molar-refractivity contribution in [1.82, 2.24) is 15.5 Å². The predicted molar refractivity (Wildman–Crippen MR) is 76.9 cm³/mol. The summed E-state index contributed by atoms with van der Waals surface area (Å²) >= 11 is 0. The molecule has 1 aliphatic carbocycles. The molecule has 0 bridgehead atoms. The number of methoxy groups -OCH3 is 1. The smallest absolute Gasteiger partial charge is 0.441 e. The minimum Gasteiger partial charge on any atom is -0.441 e. The van der Waals surface area contributed by atoms with Gasteiger partial charge in [-0.1, -0.05) is 24.0 Å². The maximum absolute atomic E-state index is 12.1. The second-order valence-corrected chi connectivity index (χ2v) is 4.97. The molecule has 8 nitrogen and oxygen atoms in total. The van der Waals surface area contributed by atoms with Crippen molar-refractivity contribution in [2.75, 3.05) is 28.3 Å². The molecule has 1 fully saturated rings. The normalized spacial score (nSPS) is 16.6. The molecule has 0 aliphatic heterocycles. The average molecular weight is 301 g/mol. The van der Waals surface area contributed by atoms with Gasteiger partial charge in [0.1, 0.15) is 7.11 Å². The average Bonchev–Trinajstić information content (AvgIpc) is 2.51. The number of amides is 3. The van der Waals surface area contributed by atoms with Crippen molar-refractivity contribution in [2.24, 2.45) is 0 Å². The highest BCUT2D eigenvalue weighted by atomic mass is 16.7. The minimum absolute atomic E-state index is 0.177. The van der Waals surface area contributed by atoms with Crippen LogP contribution in [0.3, 0.4) is 0 Å². The Kier molecular flexibility index (Phi) is 6.77. The maximum Gasteiger partial charge on any atom is 0.478 e. The zero-order valence-electron chi connectivity index (χ0n) is 13.1. The third-order valence-electron chi connectivity index (χ3n) is 3.50. The lowest BCUT2D eigenvalue weighted by molar-refractivity contribution is -0.764. The molecule has 3 amide bonds. The zero-order chi connectivity index (χ0) is 15.8. The molecule has 0 unspecified atom stereocenters. The number of carbonyl (C=O) groups is 2. The third-order valence-corrected chi connectivity index (χ3v) is 3.50. The number of carbonyl (C=O) groups excluding carboxylic acids is 2. The van der Waals surface area contributed by atoms with Crippen molar-refractivity contribution in [1.29, 1.82) is 0 Å². The molecule has 120 valence electrons. The Labute approximate surface area is 125 Å². The molecule has 0 radical (unpaired) electrons. The number of ether oxygens (including phenoxy) is 1. The summed E-state index contributed by atoms with van der Waals surface area (Å²) in [5.41, 5.74) is 0. The van der Waals surface area contributed by atoms with Crippen LogP contribution in [0.5, 0.6) is 0 Å². The summed E-state index contributed by atoms with van der Waals surface area (Å²) in [7, 11) is 5.77. The van der Waals surface area contributed by atoms with E-state index >= 15 is 0 Å². The highest BCUT2D eigenvalue weighted by molar-refractivity contribution is 5.99. The second-order valence-electron chi connectivity index (χ2n) is 4.97. The van der Waals surface area contributed by atoms with Gasteiger partial charge in [-0.25, -0.2) is 9.59 Å². The fraction of sp³-hybridized carbons (Fsp3) is 0.769. The van der Waals surface area contributed by atoms with Crippen LogP contribution < -0.4 is 10.6 Å². The molecule has 0 aromatic heterocycles. The number of nitrogens with zero attached hydrogens (tertiary/aromatic N) is 2. The largest absolute Gasteiger partial charge is 0.478 e. The molecule has 8 heteroatoms. The van der Waals surface area contributed by atoms with Gasteiger partial charge in [0, 0.05) is 6.04 Å². The fourth-order valence-corrected chi connectivity index (χ4v) is 2.25. The predicted octanol–water partition coefficient (Wildman–Crippen LogP) is 0.876. The number of hydrogen-bond acceptors (Lipinski definition) is 4. The molecule has 0 atom stereocenters. The van der Waals surface area contributed by atoms with Crippen LogP contribution >= 0.6 is 0 Å². The van der Waals surface area contributed by atoms with E-state index in [4.69, 9.17) is 4.84 Å². The van der Waals surface area contributed by atoms with Crippen LogP contribution in [0.1, 0.15) is 32.1 Å². The Hall–Kier alpha value is -1.99. The summed E-state index contributed by atoms with van der Waals surface area (Å²) in [5.74, 6) is 0.178. The lowest BCUT2D eigenvalue weighted by Gasteiger charge is -2.22. The van der Waals surface area contributed by atoms with E-state index in [0.717, 1.165) is 30.6 Å². The molecule has 0 spiro atoms. The molecule has 1 saturated carbocycles. The maximum atomic E-state index is 12.1. The lowest BCUT2D eigenvalue weighted by atomic mass is 9.96. The topological polar surface area (TPSA) is 82.9 Å². The van der Waals surface area contributed by atoms with Gasteiger partial charge in [0.15, 0.2) is 0 Å². The van der Waals surface area contributed by atoms with Crippen LogP contribution in [0, 0.1) is 0 Å². The Bertz CT molecular complexity index is 405. The van der Waals surface area contributed by atoms with Crippen LogP contribution in [0.2, 0.25) is 0 Å². The van der Waals surface area contributed by atoms with Gasteiger partial charge < -0.3 is 14.9 Å². The van der Waals surface area contributed by atoms with Gasteiger partial charge in [0.25, 0.3) is 0 Å². The standard InChI is InChI=1S/C13H24N4O4/c1-16(13(19)20-3)12(17(2)21-4)15-11(18)14-10-8-6-5-7-9-10/h10H,5-9H2,1-4H3,(H,14,18)/p+1. The number of rotatable bonds is 2. The van der Waals surface area contributed by atoms with Gasteiger partial charge in [0.2, 0.25) is 0 Å². The van der Waals surface area contributed by atoms with Crippen molar-refractivity contribution < 1.29 is 23.9 Å². The number of hydroxylamine groups is 1. The van der Waals surface area contributed by atoms with Crippen molar-refractivity contribution in [3.63, 3.8) is 0 Å². The zero-order valence-corrected chi connectivity index (χ0v) is 13.1. The van der Waals surface area contributed by atoms with Crippen LogP contribution in [-0.2, 0) is 9.57 Å². The van der Waals surface area contributed by atoms with Gasteiger partial charge in [0.05, 0.1) is 21.2 Å². The molecule has 2 N–H and O–H groups in total. The Balaban J connectivity index is 2.68. The molecule has 0 aromatic carbocycles. The molecular weight excluding hydrogens is 276 g/mol. The van der Waals surface area contributed by atoms with Crippen LogP contribution in [-0.4, -0.2) is 62.1 Å².